The summed E-state index contributed by atoms with van der Waals surface area (Å²) in [5.41, 5.74) is 1.61. The van der Waals surface area contributed by atoms with Crippen LogP contribution in [0.25, 0.3) is 0 Å². The van der Waals surface area contributed by atoms with E-state index in [9.17, 15) is 4.39 Å². The molecule has 0 spiro atoms. The van der Waals surface area contributed by atoms with Gasteiger partial charge in [0.1, 0.15) is 5.82 Å². The molecule has 3 heteroatoms. The molecule has 1 aromatic rings. The van der Waals surface area contributed by atoms with Gasteiger partial charge in [-0.1, -0.05) is 39.8 Å². The molecule has 1 aliphatic carbocycles. The van der Waals surface area contributed by atoms with E-state index in [0.29, 0.717) is 11.6 Å². The van der Waals surface area contributed by atoms with Gasteiger partial charge in [-0.05, 0) is 30.9 Å². The fraction of sp³-hybridized carbons (Fsp3) is 0.647. The number of anilines is 1. The van der Waals surface area contributed by atoms with Gasteiger partial charge >= 0.3 is 0 Å². The fourth-order valence-electron chi connectivity index (χ4n) is 2.71. The van der Waals surface area contributed by atoms with Gasteiger partial charge < -0.3 is 10.1 Å². The third-order valence-corrected chi connectivity index (χ3v) is 4.35. The Morgan fingerprint density at radius 1 is 1.40 bits per heavy atom. The minimum atomic E-state index is -0.174. The molecule has 20 heavy (non-hydrogen) atoms. The number of para-hydroxylation sites is 1. The van der Waals surface area contributed by atoms with Gasteiger partial charge in [0.2, 0.25) is 0 Å². The van der Waals surface area contributed by atoms with Gasteiger partial charge in [0.15, 0.2) is 0 Å². The third kappa shape index (κ3) is 2.98. The average molecular weight is 279 g/mol. The maximum atomic E-state index is 13.9. The van der Waals surface area contributed by atoms with Crippen LogP contribution in [0.2, 0.25) is 0 Å². The first kappa shape index (κ1) is 15.3. The van der Waals surface area contributed by atoms with Gasteiger partial charge in [0.05, 0.1) is 11.8 Å². The van der Waals surface area contributed by atoms with Crippen LogP contribution in [0, 0.1) is 24.1 Å². The van der Waals surface area contributed by atoms with Crippen LogP contribution in [-0.4, -0.2) is 18.8 Å². The summed E-state index contributed by atoms with van der Waals surface area (Å²) in [7, 11) is 0. The number of nitrogens with one attached hydrogen (secondary N) is 1. The Bertz CT molecular complexity index is 450. The lowest BCUT2D eigenvalue weighted by atomic mass is 9.64. The highest BCUT2D eigenvalue weighted by Gasteiger charge is 2.49. The number of ether oxygens (including phenoxy) is 1. The summed E-state index contributed by atoms with van der Waals surface area (Å²) in [5, 5.41) is 3.37. The average Bonchev–Trinajstić information content (AvgIpc) is 2.35. The number of rotatable bonds is 5. The summed E-state index contributed by atoms with van der Waals surface area (Å²) >= 11 is 0. The van der Waals surface area contributed by atoms with E-state index in [1.54, 1.807) is 6.07 Å². The maximum absolute atomic E-state index is 13.9. The van der Waals surface area contributed by atoms with Crippen molar-refractivity contribution in [1.29, 1.82) is 0 Å². The number of halogens is 1. The highest BCUT2D eigenvalue weighted by Crippen LogP contribution is 2.45. The molecule has 2 atom stereocenters. The Balaban J connectivity index is 1.99. The van der Waals surface area contributed by atoms with E-state index in [-0.39, 0.29) is 23.4 Å². The summed E-state index contributed by atoms with van der Waals surface area (Å²) < 4.78 is 19.8. The van der Waals surface area contributed by atoms with Crippen molar-refractivity contribution in [3.63, 3.8) is 0 Å². The van der Waals surface area contributed by atoms with Crippen LogP contribution < -0.4 is 5.32 Å². The Hall–Kier alpha value is -1.09. The highest BCUT2D eigenvalue weighted by molar-refractivity contribution is 5.53. The predicted octanol–water partition coefficient (Wildman–Crippen LogP) is 4.39. The van der Waals surface area contributed by atoms with Gasteiger partial charge in [-0.25, -0.2) is 4.39 Å². The Kier molecular flexibility index (Phi) is 4.38. The molecule has 0 amide bonds. The fourth-order valence-corrected chi connectivity index (χ4v) is 2.71. The minimum Gasteiger partial charge on any atom is -0.379 e. The molecule has 1 aromatic carbocycles. The van der Waals surface area contributed by atoms with Crippen LogP contribution in [0.15, 0.2) is 18.2 Å². The maximum Gasteiger partial charge on any atom is 0.146 e. The SMILES string of the molecule is Cc1cccc(F)c1NC1CC(OCC(C)C)C1(C)C. The van der Waals surface area contributed by atoms with Crippen molar-refractivity contribution in [2.45, 2.75) is 53.2 Å². The van der Waals surface area contributed by atoms with Gasteiger partial charge in [0, 0.05) is 18.1 Å². The normalized spacial score (nSPS) is 24.6. The second-order valence-corrected chi connectivity index (χ2v) is 6.90. The van der Waals surface area contributed by atoms with E-state index in [1.807, 2.05) is 13.0 Å². The van der Waals surface area contributed by atoms with E-state index in [1.165, 1.54) is 6.07 Å². The van der Waals surface area contributed by atoms with Gasteiger partial charge in [-0.2, -0.15) is 0 Å². The number of benzene rings is 1. The molecule has 0 saturated heterocycles. The molecule has 2 nitrogen and oxygen atoms in total. The molecule has 0 radical (unpaired) electrons. The first-order valence-corrected chi connectivity index (χ1v) is 7.45. The lowest BCUT2D eigenvalue weighted by Crippen LogP contribution is -2.58. The van der Waals surface area contributed by atoms with E-state index < -0.39 is 0 Å². The quantitative estimate of drug-likeness (QED) is 0.863. The lowest BCUT2D eigenvalue weighted by Gasteiger charge is -2.52. The standard InChI is InChI=1S/C17H26FNO/c1-11(2)10-20-15-9-14(17(15,4)5)19-16-12(3)7-6-8-13(16)18/h6-8,11,14-15,19H,9-10H2,1-5H3. The molecule has 1 aliphatic rings. The van der Waals surface area contributed by atoms with Crippen LogP contribution in [0.4, 0.5) is 10.1 Å². The predicted molar refractivity (Wildman–Crippen MR) is 81.5 cm³/mol. The molecule has 0 heterocycles. The molecule has 1 saturated carbocycles. The van der Waals surface area contributed by atoms with Crippen molar-refractivity contribution in [2.75, 3.05) is 11.9 Å². The molecule has 2 rings (SSSR count). The minimum absolute atomic E-state index is 0.0314. The lowest BCUT2D eigenvalue weighted by molar-refractivity contribution is -0.108. The van der Waals surface area contributed by atoms with Crippen LogP contribution in [0.3, 0.4) is 0 Å². The van der Waals surface area contributed by atoms with Crippen LogP contribution in [-0.2, 0) is 4.74 Å². The summed E-state index contributed by atoms with van der Waals surface area (Å²) in [4.78, 5) is 0. The topological polar surface area (TPSA) is 21.3 Å². The summed E-state index contributed by atoms with van der Waals surface area (Å²) in [6.45, 7) is 11.4. The summed E-state index contributed by atoms with van der Waals surface area (Å²) in [6, 6.07) is 5.45. The Morgan fingerprint density at radius 2 is 2.10 bits per heavy atom. The van der Waals surface area contributed by atoms with Crippen molar-refractivity contribution < 1.29 is 9.13 Å². The molecular formula is C17H26FNO. The second kappa shape index (κ2) is 5.72. The van der Waals surface area contributed by atoms with Crippen molar-refractivity contribution in [3.05, 3.63) is 29.6 Å². The smallest absolute Gasteiger partial charge is 0.146 e. The number of hydrogen-bond acceptors (Lipinski definition) is 2. The van der Waals surface area contributed by atoms with Crippen LogP contribution >= 0.6 is 0 Å². The van der Waals surface area contributed by atoms with E-state index in [2.05, 4.69) is 33.0 Å². The molecule has 0 aliphatic heterocycles. The largest absolute Gasteiger partial charge is 0.379 e. The summed E-state index contributed by atoms with van der Waals surface area (Å²) in [5.74, 6) is 0.374. The molecule has 0 bridgehead atoms. The molecule has 0 aromatic heterocycles. The Morgan fingerprint density at radius 3 is 2.65 bits per heavy atom. The number of aryl methyl sites for hydroxylation is 1. The highest BCUT2D eigenvalue weighted by atomic mass is 19.1. The van der Waals surface area contributed by atoms with Crippen LogP contribution in [0.1, 0.15) is 39.7 Å². The van der Waals surface area contributed by atoms with Crippen molar-refractivity contribution in [2.24, 2.45) is 11.3 Å². The van der Waals surface area contributed by atoms with Crippen molar-refractivity contribution >= 4 is 5.69 Å². The first-order chi connectivity index (χ1) is 9.32. The van der Waals surface area contributed by atoms with Gasteiger partial charge in [0.25, 0.3) is 0 Å². The zero-order valence-electron chi connectivity index (χ0n) is 13.2. The second-order valence-electron chi connectivity index (χ2n) is 6.90. The molecular weight excluding hydrogens is 253 g/mol. The van der Waals surface area contributed by atoms with Crippen molar-refractivity contribution in [3.8, 4) is 0 Å². The third-order valence-electron chi connectivity index (χ3n) is 4.35. The van der Waals surface area contributed by atoms with E-state index in [4.69, 9.17) is 4.74 Å². The van der Waals surface area contributed by atoms with Gasteiger partial charge in [-0.15, -0.1) is 0 Å². The molecule has 1 N–H and O–H groups in total. The van der Waals surface area contributed by atoms with Crippen LogP contribution in [0.5, 0.6) is 0 Å². The monoisotopic (exact) mass is 279 g/mol. The zero-order chi connectivity index (χ0) is 14.9. The molecule has 1 fully saturated rings. The number of hydrogen-bond donors (Lipinski definition) is 1. The van der Waals surface area contributed by atoms with E-state index >= 15 is 0 Å². The molecule has 112 valence electrons. The zero-order valence-corrected chi connectivity index (χ0v) is 13.2. The Labute approximate surface area is 121 Å². The summed E-state index contributed by atoms with van der Waals surface area (Å²) in [6.07, 6.45) is 1.20. The van der Waals surface area contributed by atoms with Gasteiger partial charge in [-0.3, -0.25) is 0 Å². The molecule has 2 unspecified atom stereocenters. The van der Waals surface area contributed by atoms with E-state index in [0.717, 1.165) is 18.6 Å². The van der Waals surface area contributed by atoms with Crippen molar-refractivity contribution in [1.82, 2.24) is 0 Å². The first-order valence-electron chi connectivity index (χ1n) is 7.45.